The van der Waals surface area contributed by atoms with Gasteiger partial charge in [-0.15, -0.1) is 0 Å². The number of benzene rings is 4. The zero-order valence-electron chi connectivity index (χ0n) is 34.2. The van der Waals surface area contributed by atoms with Gasteiger partial charge >= 0.3 is 11.9 Å². The Hall–Kier alpha value is -6.68. The summed E-state index contributed by atoms with van der Waals surface area (Å²) in [7, 11) is 5.58. The van der Waals surface area contributed by atoms with Crippen LogP contribution in [0.1, 0.15) is 11.1 Å². The maximum Gasteiger partial charge on any atom is 0.414 e. The van der Waals surface area contributed by atoms with Gasteiger partial charge in [0.1, 0.15) is 0 Å². The molecule has 318 valence electrons. The molecule has 2 fully saturated rings. The van der Waals surface area contributed by atoms with Crippen molar-refractivity contribution in [1.29, 1.82) is 0 Å². The molecule has 5 N–H and O–H groups in total. The maximum atomic E-state index is 9.10. The van der Waals surface area contributed by atoms with E-state index in [2.05, 4.69) is 155 Å². The van der Waals surface area contributed by atoms with E-state index in [1.807, 2.05) is 0 Å². The molecule has 0 saturated carbocycles. The van der Waals surface area contributed by atoms with Crippen LogP contribution in [0.2, 0.25) is 0 Å². The maximum absolute atomic E-state index is 9.10. The second-order valence-corrected chi connectivity index (χ2v) is 14.4. The van der Waals surface area contributed by atoms with Crippen molar-refractivity contribution in [3.05, 3.63) is 133 Å². The first-order valence-corrected chi connectivity index (χ1v) is 19.6. The van der Waals surface area contributed by atoms with Crippen LogP contribution in [0.15, 0.2) is 122 Å². The van der Waals surface area contributed by atoms with Crippen LogP contribution in [-0.4, -0.2) is 122 Å². The van der Waals surface area contributed by atoms with Crippen molar-refractivity contribution in [3.8, 4) is 0 Å². The van der Waals surface area contributed by atoms with Gasteiger partial charge in [0.05, 0.1) is 101 Å². The van der Waals surface area contributed by atoms with E-state index in [1.54, 1.807) is 9.80 Å². The van der Waals surface area contributed by atoms with Gasteiger partial charge in [0.15, 0.2) is 0 Å². The highest BCUT2D eigenvalue weighted by atomic mass is 16.4. The average molecular weight is 823 g/mol. The molecule has 15 nitrogen and oxygen atoms in total. The fourth-order valence-corrected chi connectivity index (χ4v) is 7.04. The number of carboxylic acid groups (broad SMARTS) is 4. The van der Waals surface area contributed by atoms with Gasteiger partial charge in [0.25, 0.3) is 0 Å². The summed E-state index contributed by atoms with van der Waals surface area (Å²) in [5.41, 5.74) is 8.15. The monoisotopic (exact) mass is 822 g/mol. The van der Waals surface area contributed by atoms with Crippen molar-refractivity contribution in [3.63, 3.8) is 0 Å². The lowest BCUT2D eigenvalue weighted by atomic mass is 10.2. The molecular formula is C45H54N6O9. The van der Waals surface area contributed by atoms with E-state index in [1.165, 1.54) is 70.5 Å². The number of hydrogen-bond donors (Lipinski definition) is 5. The number of nitrogens with zero attached hydrogens (tertiary/aromatic N) is 4. The summed E-state index contributed by atoms with van der Waals surface area (Å²) in [5.74, 6) is -8.02. The number of aromatic nitrogens is 2. The molecule has 0 bridgehead atoms. The highest BCUT2D eigenvalue weighted by molar-refractivity contribution is 6.27. The van der Waals surface area contributed by atoms with E-state index in [4.69, 9.17) is 44.7 Å². The fraction of sp³-hybridized carbons (Fsp3) is 0.289. The number of carboxylic acids is 4. The summed E-state index contributed by atoms with van der Waals surface area (Å²) in [6.45, 7) is 11.3. The van der Waals surface area contributed by atoms with Gasteiger partial charge in [0, 0.05) is 43.4 Å². The van der Waals surface area contributed by atoms with Gasteiger partial charge in [-0.1, -0.05) is 97.1 Å². The van der Waals surface area contributed by atoms with Crippen LogP contribution in [0, 0.1) is 0 Å². The number of fused-ring (bicyclic) bond motifs is 2. The Balaban J connectivity index is 0.000000203. The first-order valence-electron chi connectivity index (χ1n) is 19.6. The average Bonchev–Trinajstić information content (AvgIpc) is 3.81. The van der Waals surface area contributed by atoms with Gasteiger partial charge in [-0.2, -0.15) is 0 Å². The predicted octanol–water partition coefficient (Wildman–Crippen LogP) is -0.701. The molecule has 0 atom stereocenters. The lowest BCUT2D eigenvalue weighted by Gasteiger charge is -2.31. The third-order valence-corrected chi connectivity index (χ3v) is 10.2. The van der Waals surface area contributed by atoms with Crippen LogP contribution in [0.5, 0.6) is 0 Å². The SMILES string of the molecule is CO.C[NH+]1CCN(c2cn(Cc3ccccc3)c3ccccc23)CC1.C[NH+]1CCN(c2cn(Cc3ccccc3)c3ccccc23)CC1.O=C(O)C(=O)O.O=C([O-])C(=O)[O-]. The molecule has 60 heavy (non-hydrogen) atoms. The topological polar surface area (TPSA) is 200 Å². The number of aliphatic carboxylic acids is 4. The second-order valence-electron chi connectivity index (χ2n) is 14.4. The number of piperazine rings is 2. The molecule has 4 heterocycles. The van der Waals surface area contributed by atoms with E-state index < -0.39 is 23.9 Å². The number of nitrogens with one attached hydrogen (secondary N) is 2. The van der Waals surface area contributed by atoms with Gasteiger partial charge in [-0.3, -0.25) is 0 Å². The van der Waals surface area contributed by atoms with Crippen molar-refractivity contribution >= 4 is 57.1 Å². The van der Waals surface area contributed by atoms with Crippen molar-refractivity contribution in [2.75, 3.05) is 83.4 Å². The lowest BCUT2D eigenvalue weighted by molar-refractivity contribution is -0.880. The normalized spacial score (nSPS) is 13.9. The molecule has 2 aliphatic heterocycles. The number of aliphatic hydroxyl groups excluding tert-OH is 1. The van der Waals surface area contributed by atoms with E-state index >= 15 is 0 Å². The summed E-state index contributed by atoms with van der Waals surface area (Å²) in [6.07, 6.45) is 4.69. The summed E-state index contributed by atoms with van der Waals surface area (Å²) in [6, 6.07) is 39.0. The number of rotatable bonds is 6. The molecule has 15 heteroatoms. The molecule has 2 aromatic heterocycles. The Bertz CT molecular complexity index is 2090. The van der Waals surface area contributed by atoms with E-state index in [9.17, 15) is 0 Å². The first kappa shape index (κ1) is 46.0. The van der Waals surface area contributed by atoms with E-state index in [-0.39, 0.29) is 0 Å². The number of quaternary nitrogens is 2. The molecular weight excluding hydrogens is 769 g/mol. The second kappa shape index (κ2) is 23.0. The predicted molar refractivity (Wildman–Crippen MR) is 226 cm³/mol. The molecule has 2 aliphatic rings. The van der Waals surface area contributed by atoms with Crippen LogP contribution >= 0.6 is 0 Å². The standard InChI is InChI=1S/2C20H23N3.2C2H2O4.CH4O/c2*1-21-11-13-22(14-12-21)20-16-23(15-17-7-3-2-4-8-17)19-10-6-5-9-18(19)20;2*3-1(4)2(5)6;1-2/h2*2-10,16H,11-15H2,1H3;2*(H,3,4)(H,5,6);2H,1H3. The number of likely N-dealkylation sites (N-methyl/N-ethyl adjacent to an activating group) is 2. The smallest absolute Gasteiger partial charge is 0.414 e. The number of aliphatic hydroxyl groups is 1. The quantitative estimate of drug-likeness (QED) is 0.133. The Labute approximate surface area is 349 Å². The number of carbonyl (C=O) groups excluding carboxylic acids is 2. The molecule has 6 aromatic rings. The molecule has 0 amide bonds. The van der Waals surface area contributed by atoms with Gasteiger partial charge in [0.2, 0.25) is 0 Å². The summed E-state index contributed by atoms with van der Waals surface area (Å²) < 4.78 is 4.79. The van der Waals surface area contributed by atoms with Crippen molar-refractivity contribution in [2.45, 2.75) is 13.1 Å². The number of hydrogen-bond acceptors (Lipinski definition) is 9. The minimum Gasteiger partial charge on any atom is -0.543 e. The highest BCUT2D eigenvalue weighted by Gasteiger charge is 2.22. The molecule has 0 aliphatic carbocycles. The van der Waals surface area contributed by atoms with Crippen LogP contribution in [-0.2, 0) is 32.3 Å². The van der Waals surface area contributed by atoms with Gasteiger partial charge in [-0.25, -0.2) is 9.59 Å². The van der Waals surface area contributed by atoms with Crippen LogP contribution in [0.25, 0.3) is 21.8 Å². The number of para-hydroxylation sites is 2. The third-order valence-electron chi connectivity index (χ3n) is 10.2. The summed E-state index contributed by atoms with van der Waals surface area (Å²) in [4.78, 5) is 44.4. The van der Waals surface area contributed by atoms with E-state index in [0.717, 1.165) is 46.4 Å². The summed E-state index contributed by atoms with van der Waals surface area (Å²) >= 11 is 0. The zero-order chi connectivity index (χ0) is 43.6. The van der Waals surface area contributed by atoms with Gasteiger partial charge in [-0.05, 0) is 23.3 Å². The lowest BCUT2D eigenvalue weighted by Crippen LogP contribution is -3.12. The molecule has 0 unspecified atom stereocenters. The van der Waals surface area contributed by atoms with Crippen molar-refractivity contribution in [2.24, 2.45) is 0 Å². The Kier molecular flexibility index (Phi) is 17.7. The molecule has 0 radical (unpaired) electrons. The molecule has 0 spiro atoms. The molecule has 8 rings (SSSR count). The largest absolute Gasteiger partial charge is 0.543 e. The minimum atomic E-state index is -2.19. The van der Waals surface area contributed by atoms with Crippen LogP contribution < -0.4 is 29.8 Å². The fourth-order valence-electron chi connectivity index (χ4n) is 7.04. The minimum absolute atomic E-state index is 0.931. The Morgan fingerprint density at radius 1 is 0.517 bits per heavy atom. The Morgan fingerprint density at radius 3 is 1.12 bits per heavy atom. The number of carbonyl (C=O) groups is 4. The first-order chi connectivity index (χ1) is 28.9. The van der Waals surface area contributed by atoms with Crippen LogP contribution in [0.3, 0.4) is 0 Å². The zero-order valence-corrected chi connectivity index (χ0v) is 34.2. The van der Waals surface area contributed by atoms with Crippen molar-refractivity contribution < 1.29 is 54.5 Å². The van der Waals surface area contributed by atoms with Gasteiger partial charge < -0.3 is 63.9 Å². The highest BCUT2D eigenvalue weighted by Crippen LogP contribution is 2.31. The molecule has 4 aromatic carbocycles. The third kappa shape index (κ3) is 13.2. The number of anilines is 2. The van der Waals surface area contributed by atoms with Crippen molar-refractivity contribution in [1.82, 2.24) is 9.13 Å². The summed E-state index contributed by atoms with van der Waals surface area (Å²) in [5, 5.41) is 42.4. The Morgan fingerprint density at radius 2 is 0.817 bits per heavy atom. The van der Waals surface area contributed by atoms with E-state index in [0.29, 0.717) is 0 Å². The molecule has 2 saturated heterocycles. The van der Waals surface area contributed by atoms with Crippen LogP contribution in [0.4, 0.5) is 11.4 Å².